The summed E-state index contributed by atoms with van der Waals surface area (Å²) in [6, 6.07) is 14.7. The van der Waals surface area contributed by atoms with E-state index in [-0.39, 0.29) is 5.75 Å². The summed E-state index contributed by atoms with van der Waals surface area (Å²) in [4.78, 5) is 0. The maximum atomic E-state index is 9.79. The zero-order valence-electron chi connectivity index (χ0n) is 9.09. The van der Waals surface area contributed by atoms with Crippen molar-refractivity contribution in [3.63, 3.8) is 0 Å². The van der Waals surface area contributed by atoms with Crippen molar-refractivity contribution in [1.82, 2.24) is 0 Å². The third-order valence-corrected chi connectivity index (χ3v) is 2.61. The van der Waals surface area contributed by atoms with Crippen LogP contribution in [0.25, 0.3) is 11.1 Å². The van der Waals surface area contributed by atoms with Crippen LogP contribution >= 0.6 is 0 Å². The third-order valence-electron chi connectivity index (χ3n) is 2.61. The standard InChI is InChI=1S/C14H14O2/c1-10(15)11-6-2-3-7-12(11)13-8-4-5-9-14(13)16/h2-10,15-16H,1H3. The SMILES string of the molecule is CC(O)c1ccccc1-c1ccccc1O. The van der Waals surface area contributed by atoms with E-state index in [0.717, 1.165) is 16.7 Å². The lowest BCUT2D eigenvalue weighted by molar-refractivity contribution is 0.200. The highest BCUT2D eigenvalue weighted by Gasteiger charge is 2.11. The lowest BCUT2D eigenvalue weighted by Gasteiger charge is -2.12. The first-order chi connectivity index (χ1) is 7.70. The average Bonchev–Trinajstić information content (AvgIpc) is 2.29. The minimum atomic E-state index is -0.546. The topological polar surface area (TPSA) is 40.5 Å². The fourth-order valence-electron chi connectivity index (χ4n) is 1.81. The lowest BCUT2D eigenvalue weighted by atomic mass is 9.96. The molecule has 0 aliphatic carbocycles. The number of benzene rings is 2. The molecule has 0 heterocycles. The van der Waals surface area contributed by atoms with Gasteiger partial charge in [-0.2, -0.15) is 0 Å². The summed E-state index contributed by atoms with van der Waals surface area (Å²) < 4.78 is 0. The normalized spacial score (nSPS) is 12.4. The molecule has 2 N–H and O–H groups in total. The smallest absolute Gasteiger partial charge is 0.123 e. The highest BCUT2D eigenvalue weighted by molar-refractivity contribution is 5.73. The molecule has 2 nitrogen and oxygen atoms in total. The Hall–Kier alpha value is -1.80. The molecule has 2 rings (SSSR count). The quantitative estimate of drug-likeness (QED) is 0.806. The molecule has 82 valence electrons. The molecule has 0 radical (unpaired) electrons. The van der Waals surface area contributed by atoms with E-state index in [4.69, 9.17) is 0 Å². The molecule has 0 spiro atoms. The van der Waals surface area contributed by atoms with Crippen LogP contribution in [0.2, 0.25) is 0 Å². The van der Waals surface area contributed by atoms with Crippen molar-refractivity contribution in [2.75, 3.05) is 0 Å². The maximum Gasteiger partial charge on any atom is 0.123 e. The lowest BCUT2D eigenvalue weighted by Crippen LogP contribution is -1.94. The first-order valence-corrected chi connectivity index (χ1v) is 5.25. The van der Waals surface area contributed by atoms with Gasteiger partial charge in [0.2, 0.25) is 0 Å². The van der Waals surface area contributed by atoms with Gasteiger partial charge in [-0.1, -0.05) is 42.5 Å². The minimum Gasteiger partial charge on any atom is -0.507 e. The van der Waals surface area contributed by atoms with Crippen LogP contribution in [0.15, 0.2) is 48.5 Å². The summed E-state index contributed by atoms with van der Waals surface area (Å²) in [7, 11) is 0. The summed E-state index contributed by atoms with van der Waals surface area (Å²) in [5.41, 5.74) is 2.44. The molecular formula is C14H14O2. The Labute approximate surface area is 94.8 Å². The Balaban J connectivity index is 2.60. The predicted octanol–water partition coefficient (Wildman–Crippen LogP) is 3.11. The number of aliphatic hydroxyl groups is 1. The summed E-state index contributed by atoms with van der Waals surface area (Å²) >= 11 is 0. The van der Waals surface area contributed by atoms with Crippen LogP contribution in [-0.2, 0) is 0 Å². The highest BCUT2D eigenvalue weighted by atomic mass is 16.3. The van der Waals surface area contributed by atoms with Crippen molar-refractivity contribution < 1.29 is 10.2 Å². The second-order valence-corrected chi connectivity index (χ2v) is 3.78. The van der Waals surface area contributed by atoms with Gasteiger partial charge in [-0.3, -0.25) is 0 Å². The number of para-hydroxylation sites is 1. The van der Waals surface area contributed by atoms with Crippen molar-refractivity contribution in [3.05, 3.63) is 54.1 Å². The van der Waals surface area contributed by atoms with Gasteiger partial charge in [0.25, 0.3) is 0 Å². The number of rotatable bonds is 2. The van der Waals surface area contributed by atoms with Gasteiger partial charge in [0.15, 0.2) is 0 Å². The molecule has 0 fully saturated rings. The summed E-state index contributed by atoms with van der Waals surface area (Å²) in [5.74, 6) is 0.232. The number of aromatic hydroxyl groups is 1. The summed E-state index contributed by atoms with van der Waals surface area (Å²) in [5, 5.41) is 19.5. The number of phenolic OH excluding ortho intramolecular Hbond substituents is 1. The highest BCUT2D eigenvalue weighted by Crippen LogP contribution is 2.33. The second kappa shape index (κ2) is 4.37. The molecule has 0 aliphatic heterocycles. The first kappa shape index (κ1) is 10.7. The fraction of sp³-hybridized carbons (Fsp3) is 0.143. The van der Waals surface area contributed by atoms with Gasteiger partial charge in [0.1, 0.15) is 5.75 Å². The van der Waals surface area contributed by atoms with E-state index in [1.165, 1.54) is 0 Å². The predicted molar refractivity (Wildman–Crippen MR) is 64.2 cm³/mol. The van der Waals surface area contributed by atoms with Crippen molar-refractivity contribution in [1.29, 1.82) is 0 Å². The van der Waals surface area contributed by atoms with Gasteiger partial charge < -0.3 is 10.2 Å². The molecule has 1 unspecified atom stereocenters. The molecule has 2 heteroatoms. The van der Waals surface area contributed by atoms with Gasteiger partial charge in [0.05, 0.1) is 6.10 Å². The molecule has 0 saturated carbocycles. The molecule has 0 amide bonds. The zero-order valence-corrected chi connectivity index (χ0v) is 9.09. The Bertz CT molecular complexity index is 490. The Morgan fingerprint density at radius 2 is 1.44 bits per heavy atom. The third kappa shape index (κ3) is 1.92. The summed E-state index contributed by atoms with van der Waals surface area (Å²) in [6.07, 6.45) is -0.546. The molecular weight excluding hydrogens is 200 g/mol. The van der Waals surface area contributed by atoms with Crippen LogP contribution in [0.3, 0.4) is 0 Å². The van der Waals surface area contributed by atoms with E-state index in [9.17, 15) is 10.2 Å². The summed E-state index contributed by atoms with van der Waals surface area (Å²) in [6.45, 7) is 1.72. The van der Waals surface area contributed by atoms with Gasteiger partial charge in [-0.15, -0.1) is 0 Å². The van der Waals surface area contributed by atoms with E-state index < -0.39 is 6.10 Å². The number of phenols is 1. The molecule has 2 aromatic carbocycles. The maximum absolute atomic E-state index is 9.79. The van der Waals surface area contributed by atoms with Crippen molar-refractivity contribution >= 4 is 0 Å². The van der Waals surface area contributed by atoms with E-state index in [1.54, 1.807) is 19.1 Å². The van der Waals surface area contributed by atoms with Crippen LogP contribution in [0.1, 0.15) is 18.6 Å². The van der Waals surface area contributed by atoms with E-state index in [1.807, 2.05) is 36.4 Å². The van der Waals surface area contributed by atoms with Crippen LogP contribution in [0.5, 0.6) is 5.75 Å². The largest absolute Gasteiger partial charge is 0.507 e. The number of aliphatic hydroxyl groups excluding tert-OH is 1. The minimum absolute atomic E-state index is 0.232. The Morgan fingerprint density at radius 3 is 2.06 bits per heavy atom. The van der Waals surface area contributed by atoms with Crippen LogP contribution in [0.4, 0.5) is 0 Å². The van der Waals surface area contributed by atoms with Crippen molar-refractivity contribution in [2.24, 2.45) is 0 Å². The average molecular weight is 214 g/mol. The van der Waals surface area contributed by atoms with Gasteiger partial charge >= 0.3 is 0 Å². The molecule has 0 aliphatic rings. The van der Waals surface area contributed by atoms with Crippen molar-refractivity contribution in [2.45, 2.75) is 13.0 Å². The van der Waals surface area contributed by atoms with Gasteiger partial charge in [-0.25, -0.2) is 0 Å². The van der Waals surface area contributed by atoms with E-state index in [0.29, 0.717) is 0 Å². The second-order valence-electron chi connectivity index (χ2n) is 3.78. The molecule has 1 atom stereocenters. The number of hydrogen-bond donors (Lipinski definition) is 2. The Kier molecular flexibility index (Phi) is 2.93. The number of hydrogen-bond acceptors (Lipinski definition) is 2. The molecule has 0 saturated heterocycles. The first-order valence-electron chi connectivity index (χ1n) is 5.25. The fourth-order valence-corrected chi connectivity index (χ4v) is 1.81. The van der Waals surface area contributed by atoms with E-state index in [2.05, 4.69) is 0 Å². The Morgan fingerprint density at radius 1 is 0.875 bits per heavy atom. The van der Waals surface area contributed by atoms with Gasteiger partial charge in [-0.05, 0) is 24.1 Å². The van der Waals surface area contributed by atoms with Crippen LogP contribution < -0.4 is 0 Å². The van der Waals surface area contributed by atoms with Gasteiger partial charge in [0, 0.05) is 5.56 Å². The zero-order chi connectivity index (χ0) is 11.5. The molecule has 0 aromatic heterocycles. The molecule has 16 heavy (non-hydrogen) atoms. The molecule has 2 aromatic rings. The van der Waals surface area contributed by atoms with E-state index >= 15 is 0 Å². The van der Waals surface area contributed by atoms with Crippen LogP contribution in [-0.4, -0.2) is 10.2 Å². The van der Waals surface area contributed by atoms with Crippen molar-refractivity contribution in [3.8, 4) is 16.9 Å². The molecule has 0 bridgehead atoms. The van der Waals surface area contributed by atoms with Crippen LogP contribution in [0, 0.1) is 0 Å². The monoisotopic (exact) mass is 214 g/mol.